The van der Waals surface area contributed by atoms with Crippen molar-refractivity contribution < 1.29 is 18.7 Å². The van der Waals surface area contributed by atoms with Crippen molar-refractivity contribution in [2.24, 2.45) is 0 Å². The normalized spacial score (nSPS) is 14.7. The molecule has 0 spiro atoms. The molecule has 0 aliphatic carbocycles. The van der Waals surface area contributed by atoms with Crippen LogP contribution in [0.2, 0.25) is 0 Å². The summed E-state index contributed by atoms with van der Waals surface area (Å²) in [6, 6.07) is 17.5. The van der Waals surface area contributed by atoms with Crippen molar-refractivity contribution in [2.75, 3.05) is 0 Å². The first-order valence-corrected chi connectivity index (χ1v) is 12.2. The van der Waals surface area contributed by atoms with E-state index in [1.54, 1.807) is 24.3 Å². The summed E-state index contributed by atoms with van der Waals surface area (Å²) in [6.07, 6.45) is 1.65. The van der Waals surface area contributed by atoms with Crippen LogP contribution >= 0.6 is 45.2 Å². The second kappa shape index (κ2) is 10.2. The number of imide groups is 1. The molecule has 1 aliphatic rings. The van der Waals surface area contributed by atoms with Crippen LogP contribution in [0.5, 0.6) is 5.75 Å². The second-order valence-electron chi connectivity index (χ2n) is 7.56. The van der Waals surface area contributed by atoms with Crippen molar-refractivity contribution in [3.8, 4) is 5.75 Å². The molecule has 168 valence electrons. The van der Waals surface area contributed by atoms with Crippen LogP contribution in [0.4, 0.5) is 9.18 Å². The van der Waals surface area contributed by atoms with E-state index in [-0.39, 0.29) is 30.6 Å². The quantitative estimate of drug-likeness (QED) is 0.199. The average molecular weight is 668 g/mol. The number of carbonyl (C=O) groups excluding carboxylic acids is 2. The number of benzene rings is 3. The van der Waals surface area contributed by atoms with Crippen LogP contribution < -0.4 is 10.1 Å². The predicted molar refractivity (Wildman–Crippen MR) is 141 cm³/mol. The molecule has 1 heterocycles. The maximum atomic E-state index is 13.9. The monoisotopic (exact) mass is 668 g/mol. The number of aryl methyl sites for hydroxylation is 1. The van der Waals surface area contributed by atoms with E-state index < -0.39 is 6.03 Å². The summed E-state index contributed by atoms with van der Waals surface area (Å²) >= 11 is 4.29. The predicted octanol–water partition coefficient (Wildman–Crippen LogP) is 6.02. The summed E-state index contributed by atoms with van der Waals surface area (Å²) in [5.41, 5.74) is 3.44. The van der Waals surface area contributed by atoms with Gasteiger partial charge in [-0.2, -0.15) is 0 Å². The molecule has 0 saturated carbocycles. The van der Waals surface area contributed by atoms with Crippen LogP contribution in [0.15, 0.2) is 66.4 Å². The molecule has 0 unspecified atom stereocenters. The first-order chi connectivity index (χ1) is 15.8. The molecule has 0 bridgehead atoms. The Morgan fingerprint density at radius 1 is 1.03 bits per heavy atom. The van der Waals surface area contributed by atoms with Crippen LogP contribution in [0.25, 0.3) is 6.08 Å². The molecule has 1 fully saturated rings. The molecule has 3 aromatic rings. The van der Waals surface area contributed by atoms with Gasteiger partial charge in [0.2, 0.25) is 0 Å². The Balaban J connectivity index is 1.50. The lowest BCUT2D eigenvalue weighted by molar-refractivity contribution is -0.123. The van der Waals surface area contributed by atoms with Crippen molar-refractivity contribution in [3.05, 3.63) is 102 Å². The van der Waals surface area contributed by atoms with Gasteiger partial charge in [0.25, 0.3) is 5.91 Å². The summed E-state index contributed by atoms with van der Waals surface area (Å²) < 4.78 is 21.4. The number of hydrogen-bond donors (Lipinski definition) is 1. The van der Waals surface area contributed by atoms with E-state index in [1.807, 2.05) is 43.3 Å². The highest BCUT2D eigenvalue weighted by Gasteiger charge is 2.33. The summed E-state index contributed by atoms with van der Waals surface area (Å²) in [5, 5.41) is 2.66. The molecule has 0 radical (unpaired) electrons. The van der Waals surface area contributed by atoms with Gasteiger partial charge in [0, 0.05) is 5.56 Å². The Hall–Kier alpha value is -2.47. The highest BCUT2D eigenvalue weighted by Crippen LogP contribution is 2.31. The van der Waals surface area contributed by atoms with E-state index in [0.29, 0.717) is 11.3 Å². The van der Waals surface area contributed by atoms with Gasteiger partial charge in [0.05, 0.1) is 13.7 Å². The minimum absolute atomic E-state index is 0.113. The van der Waals surface area contributed by atoms with Crippen molar-refractivity contribution in [1.29, 1.82) is 0 Å². The molecule has 1 saturated heterocycles. The summed E-state index contributed by atoms with van der Waals surface area (Å²) in [5.74, 6) is -0.0376. The van der Waals surface area contributed by atoms with E-state index in [9.17, 15) is 14.0 Å². The molecule has 1 aliphatic heterocycles. The van der Waals surface area contributed by atoms with Crippen molar-refractivity contribution in [2.45, 2.75) is 20.1 Å². The molecular weight excluding hydrogens is 649 g/mol. The summed E-state index contributed by atoms with van der Waals surface area (Å²) in [6.45, 7) is 2.30. The Morgan fingerprint density at radius 3 is 2.36 bits per heavy atom. The Labute approximate surface area is 218 Å². The van der Waals surface area contributed by atoms with E-state index >= 15 is 0 Å². The zero-order valence-corrected chi connectivity index (χ0v) is 21.9. The molecule has 3 aromatic carbocycles. The molecule has 0 aromatic heterocycles. The Kier molecular flexibility index (Phi) is 7.32. The fraction of sp³-hybridized carbons (Fsp3) is 0.120. The Morgan fingerprint density at radius 2 is 1.70 bits per heavy atom. The van der Waals surface area contributed by atoms with E-state index in [1.165, 1.54) is 11.0 Å². The first-order valence-electron chi connectivity index (χ1n) is 10.1. The fourth-order valence-corrected chi connectivity index (χ4v) is 5.45. The number of rotatable bonds is 6. The van der Waals surface area contributed by atoms with E-state index in [0.717, 1.165) is 23.8 Å². The molecule has 4 rings (SSSR count). The van der Waals surface area contributed by atoms with Crippen molar-refractivity contribution in [3.63, 3.8) is 0 Å². The number of nitrogens with one attached hydrogen (secondary N) is 1. The van der Waals surface area contributed by atoms with Gasteiger partial charge in [0.1, 0.15) is 23.9 Å². The van der Waals surface area contributed by atoms with Gasteiger partial charge in [-0.15, -0.1) is 0 Å². The summed E-state index contributed by atoms with van der Waals surface area (Å²) in [4.78, 5) is 26.4. The molecule has 1 N–H and O–H groups in total. The first kappa shape index (κ1) is 23.7. The zero-order valence-electron chi connectivity index (χ0n) is 17.6. The second-order valence-corrected chi connectivity index (χ2v) is 9.88. The molecular formula is C25H19FI2N2O3. The number of ether oxygens (including phenoxy) is 1. The van der Waals surface area contributed by atoms with E-state index in [2.05, 4.69) is 50.5 Å². The molecule has 33 heavy (non-hydrogen) atoms. The fourth-order valence-electron chi connectivity index (χ4n) is 3.32. The van der Waals surface area contributed by atoms with Crippen molar-refractivity contribution >= 4 is 63.2 Å². The van der Waals surface area contributed by atoms with Crippen molar-refractivity contribution in [1.82, 2.24) is 10.2 Å². The molecule has 5 nitrogen and oxygen atoms in total. The maximum absolute atomic E-state index is 13.9. The number of nitrogens with zero attached hydrogens (tertiary/aromatic N) is 1. The lowest BCUT2D eigenvalue weighted by Gasteiger charge is -2.12. The minimum Gasteiger partial charge on any atom is -0.487 e. The number of urea groups is 1. The van der Waals surface area contributed by atoms with Crippen LogP contribution in [0.3, 0.4) is 0 Å². The third-order valence-electron chi connectivity index (χ3n) is 5.09. The lowest BCUT2D eigenvalue weighted by atomic mass is 10.1. The van der Waals surface area contributed by atoms with Gasteiger partial charge in [-0.25, -0.2) is 9.18 Å². The number of amides is 3. The van der Waals surface area contributed by atoms with Gasteiger partial charge < -0.3 is 10.1 Å². The minimum atomic E-state index is -0.443. The number of hydrogen-bond acceptors (Lipinski definition) is 3. The highest BCUT2D eigenvalue weighted by molar-refractivity contribution is 14.1. The van der Waals surface area contributed by atoms with Gasteiger partial charge in [-0.05, 0) is 87.5 Å². The molecule has 0 atom stereocenters. The molecule has 8 heteroatoms. The van der Waals surface area contributed by atoms with Gasteiger partial charge >= 0.3 is 6.03 Å². The van der Waals surface area contributed by atoms with Gasteiger partial charge in [-0.1, -0.05) is 48.0 Å². The average Bonchev–Trinajstić information content (AvgIpc) is 3.03. The Bertz CT molecular complexity index is 1240. The standard InChI is InChI=1S/C25H19FI2N2O3/c1-15-6-8-16(9-7-15)13-30-24(31)22(29-25(30)32)12-17-10-20(27)23(21(28)11-17)33-14-18-4-2-3-5-19(18)26/h2-12H,13-14H2,1H3,(H,29,32)/b22-12+. The van der Waals surface area contributed by atoms with Crippen LogP contribution in [0.1, 0.15) is 22.3 Å². The lowest BCUT2D eigenvalue weighted by Crippen LogP contribution is -2.30. The maximum Gasteiger partial charge on any atom is 0.329 e. The highest BCUT2D eigenvalue weighted by atomic mass is 127. The SMILES string of the molecule is Cc1ccc(CN2C(=O)N/C(=C/c3cc(I)c(OCc4ccccc4F)c(I)c3)C2=O)cc1. The smallest absolute Gasteiger partial charge is 0.329 e. The summed E-state index contributed by atoms with van der Waals surface area (Å²) in [7, 11) is 0. The van der Waals surface area contributed by atoms with Crippen LogP contribution in [0, 0.1) is 19.9 Å². The number of halogens is 3. The van der Waals surface area contributed by atoms with Crippen LogP contribution in [-0.2, 0) is 17.9 Å². The third-order valence-corrected chi connectivity index (χ3v) is 6.69. The zero-order chi connectivity index (χ0) is 23.5. The van der Waals surface area contributed by atoms with Crippen LogP contribution in [-0.4, -0.2) is 16.8 Å². The number of carbonyl (C=O) groups is 2. The topological polar surface area (TPSA) is 58.6 Å². The van der Waals surface area contributed by atoms with Gasteiger partial charge in [-0.3, -0.25) is 9.69 Å². The largest absolute Gasteiger partial charge is 0.487 e. The van der Waals surface area contributed by atoms with Gasteiger partial charge in [0.15, 0.2) is 0 Å². The molecule has 3 amide bonds. The van der Waals surface area contributed by atoms with E-state index in [4.69, 9.17) is 4.74 Å². The third kappa shape index (κ3) is 5.55.